The number of carbonyl (C=O) groups excluding carboxylic acids is 1. The van der Waals surface area contributed by atoms with E-state index in [1.165, 1.54) is 13.8 Å². The molecule has 2 heterocycles. The van der Waals surface area contributed by atoms with Crippen LogP contribution >= 0.6 is 0 Å². The zero-order chi connectivity index (χ0) is 19.1. The van der Waals surface area contributed by atoms with Gasteiger partial charge in [0.15, 0.2) is 5.76 Å². The molecular weight excluding hydrogens is 368 g/mol. The predicted octanol–water partition coefficient (Wildman–Crippen LogP) is 2.36. The number of benzene rings is 1. The fourth-order valence-electron chi connectivity index (χ4n) is 3.06. The van der Waals surface area contributed by atoms with Crippen LogP contribution in [0, 0.1) is 25.5 Å². The summed E-state index contributed by atoms with van der Waals surface area (Å²) >= 11 is 0. The summed E-state index contributed by atoms with van der Waals surface area (Å²) in [5, 5.41) is 5.98. The third kappa shape index (κ3) is 3.21. The average molecular weight is 385 g/mol. The van der Waals surface area contributed by atoms with E-state index in [4.69, 9.17) is 4.52 Å². The molecule has 1 saturated heterocycles. The van der Waals surface area contributed by atoms with Gasteiger partial charge in [0.2, 0.25) is 15.9 Å². The number of nitrogens with zero attached hydrogens (tertiary/aromatic N) is 2. The lowest BCUT2D eigenvalue weighted by Gasteiger charge is -2.23. The zero-order valence-electron chi connectivity index (χ0n) is 14.1. The number of hydrogen-bond acceptors (Lipinski definition) is 5. The summed E-state index contributed by atoms with van der Waals surface area (Å²) in [6.45, 7) is 3.13. The van der Waals surface area contributed by atoms with E-state index in [1.807, 2.05) is 0 Å². The van der Waals surface area contributed by atoms with Crippen LogP contribution in [0.25, 0.3) is 0 Å². The van der Waals surface area contributed by atoms with Crippen molar-refractivity contribution in [2.45, 2.75) is 37.6 Å². The minimum atomic E-state index is -4.00. The first-order valence-electron chi connectivity index (χ1n) is 7.92. The van der Waals surface area contributed by atoms with Crippen molar-refractivity contribution in [1.29, 1.82) is 0 Å². The number of anilines is 1. The standard InChI is InChI=1S/C16H17F2N3O4S/c1-9-15(10(2)25-20-9)26(23,24)21-7-3-4-14(21)16(22)19-13-6-5-11(17)8-12(13)18/h5-6,8,14H,3-4,7H2,1-2H3,(H,19,22)/t14-/m0/s1. The number of halogens is 2. The zero-order valence-corrected chi connectivity index (χ0v) is 14.9. The van der Waals surface area contributed by atoms with Gasteiger partial charge in [-0.05, 0) is 38.8 Å². The Morgan fingerprint density at radius 1 is 1.35 bits per heavy atom. The molecule has 140 valence electrons. The summed E-state index contributed by atoms with van der Waals surface area (Å²) < 4.78 is 58.6. The molecule has 1 N–H and O–H groups in total. The topological polar surface area (TPSA) is 92.5 Å². The van der Waals surface area contributed by atoms with Crippen LogP contribution in [-0.4, -0.2) is 36.4 Å². The highest BCUT2D eigenvalue weighted by Crippen LogP contribution is 2.30. The van der Waals surface area contributed by atoms with E-state index in [9.17, 15) is 22.0 Å². The Morgan fingerprint density at radius 2 is 2.08 bits per heavy atom. The second kappa shape index (κ2) is 6.76. The lowest BCUT2D eigenvalue weighted by atomic mass is 10.2. The smallest absolute Gasteiger partial charge is 0.249 e. The SMILES string of the molecule is Cc1noc(C)c1S(=O)(=O)N1CCC[C@H]1C(=O)Nc1ccc(F)cc1F. The third-order valence-corrected chi connectivity index (χ3v) is 6.38. The minimum absolute atomic E-state index is 0.0647. The van der Waals surface area contributed by atoms with Crippen LogP contribution in [0.5, 0.6) is 0 Å². The van der Waals surface area contributed by atoms with Crippen LogP contribution in [0.1, 0.15) is 24.3 Å². The highest BCUT2D eigenvalue weighted by atomic mass is 32.2. The number of rotatable bonds is 4. The molecule has 26 heavy (non-hydrogen) atoms. The van der Waals surface area contributed by atoms with E-state index < -0.39 is 33.6 Å². The maximum absolute atomic E-state index is 13.8. The summed E-state index contributed by atoms with van der Waals surface area (Å²) in [5.74, 6) is -2.25. The van der Waals surface area contributed by atoms with Gasteiger partial charge in [0, 0.05) is 12.6 Å². The molecule has 1 aromatic heterocycles. The van der Waals surface area contributed by atoms with Crippen LogP contribution in [0.4, 0.5) is 14.5 Å². The van der Waals surface area contributed by atoms with Gasteiger partial charge in [-0.25, -0.2) is 17.2 Å². The Kier molecular flexibility index (Phi) is 4.80. The fraction of sp³-hybridized carbons (Fsp3) is 0.375. The second-order valence-electron chi connectivity index (χ2n) is 6.04. The molecule has 1 aromatic carbocycles. The molecular formula is C16H17F2N3O4S. The fourth-order valence-corrected chi connectivity index (χ4v) is 5.01. The van der Waals surface area contributed by atoms with E-state index in [0.29, 0.717) is 12.5 Å². The highest BCUT2D eigenvalue weighted by Gasteiger charge is 2.42. The van der Waals surface area contributed by atoms with Gasteiger partial charge < -0.3 is 9.84 Å². The van der Waals surface area contributed by atoms with E-state index in [1.54, 1.807) is 0 Å². The Bertz CT molecular complexity index is 939. The molecule has 1 fully saturated rings. The van der Waals surface area contributed by atoms with Gasteiger partial charge in [0.1, 0.15) is 28.3 Å². The summed E-state index contributed by atoms with van der Waals surface area (Å²) in [6, 6.07) is 1.73. The lowest BCUT2D eigenvalue weighted by molar-refractivity contribution is -0.119. The molecule has 0 aliphatic carbocycles. The van der Waals surface area contributed by atoms with E-state index in [0.717, 1.165) is 16.4 Å². The molecule has 1 aliphatic rings. The number of hydrogen-bond donors (Lipinski definition) is 1. The molecule has 0 spiro atoms. The molecule has 2 aromatic rings. The maximum atomic E-state index is 13.8. The molecule has 3 rings (SSSR count). The first-order valence-corrected chi connectivity index (χ1v) is 9.36. The summed E-state index contributed by atoms with van der Waals surface area (Å²) in [7, 11) is -4.00. The Labute approximate surface area is 149 Å². The van der Waals surface area contributed by atoms with Crippen LogP contribution in [0.3, 0.4) is 0 Å². The van der Waals surface area contributed by atoms with Crippen molar-refractivity contribution in [2.75, 3.05) is 11.9 Å². The van der Waals surface area contributed by atoms with Crippen molar-refractivity contribution in [3.05, 3.63) is 41.3 Å². The average Bonchev–Trinajstić information content (AvgIpc) is 3.17. The number of sulfonamides is 1. The number of aryl methyl sites for hydroxylation is 2. The molecule has 0 radical (unpaired) electrons. The first kappa shape index (κ1) is 18.5. The normalized spacial score (nSPS) is 18.2. The van der Waals surface area contributed by atoms with Gasteiger partial charge in [-0.15, -0.1) is 0 Å². The molecule has 0 unspecified atom stereocenters. The first-order chi connectivity index (χ1) is 12.2. The Morgan fingerprint density at radius 3 is 2.69 bits per heavy atom. The van der Waals surface area contributed by atoms with Crippen molar-refractivity contribution >= 4 is 21.6 Å². The monoisotopic (exact) mass is 385 g/mol. The van der Waals surface area contributed by atoms with Crippen molar-refractivity contribution in [3.63, 3.8) is 0 Å². The number of nitrogens with one attached hydrogen (secondary N) is 1. The Hall–Kier alpha value is -2.33. The largest absolute Gasteiger partial charge is 0.360 e. The van der Waals surface area contributed by atoms with Crippen molar-refractivity contribution in [3.8, 4) is 0 Å². The van der Waals surface area contributed by atoms with E-state index >= 15 is 0 Å². The molecule has 1 atom stereocenters. The van der Waals surface area contributed by atoms with E-state index in [-0.39, 0.29) is 35.0 Å². The summed E-state index contributed by atoms with van der Waals surface area (Å²) in [6.07, 6.45) is 0.768. The number of carbonyl (C=O) groups is 1. The number of aromatic nitrogens is 1. The van der Waals surface area contributed by atoms with Gasteiger partial charge in [0.05, 0.1) is 5.69 Å². The molecule has 10 heteroatoms. The van der Waals surface area contributed by atoms with Crippen LogP contribution in [0.15, 0.2) is 27.6 Å². The van der Waals surface area contributed by atoms with Crippen molar-refractivity contribution in [2.24, 2.45) is 0 Å². The van der Waals surface area contributed by atoms with E-state index in [2.05, 4.69) is 10.5 Å². The van der Waals surface area contributed by atoms with Crippen LogP contribution < -0.4 is 5.32 Å². The Balaban J connectivity index is 1.87. The van der Waals surface area contributed by atoms with Gasteiger partial charge >= 0.3 is 0 Å². The van der Waals surface area contributed by atoms with Crippen LogP contribution in [-0.2, 0) is 14.8 Å². The minimum Gasteiger partial charge on any atom is -0.360 e. The van der Waals surface area contributed by atoms with Crippen molar-refractivity contribution < 1.29 is 26.5 Å². The highest BCUT2D eigenvalue weighted by molar-refractivity contribution is 7.89. The summed E-state index contributed by atoms with van der Waals surface area (Å²) in [5.41, 5.74) is -0.00359. The van der Waals surface area contributed by atoms with Gasteiger partial charge in [0.25, 0.3) is 0 Å². The molecule has 1 amide bonds. The molecule has 7 nitrogen and oxygen atoms in total. The van der Waals surface area contributed by atoms with Gasteiger partial charge in [-0.3, -0.25) is 4.79 Å². The molecule has 0 bridgehead atoms. The number of amides is 1. The lowest BCUT2D eigenvalue weighted by Crippen LogP contribution is -2.43. The quantitative estimate of drug-likeness (QED) is 0.872. The van der Waals surface area contributed by atoms with Gasteiger partial charge in [-0.2, -0.15) is 4.31 Å². The molecule has 0 saturated carbocycles. The van der Waals surface area contributed by atoms with Crippen molar-refractivity contribution in [1.82, 2.24) is 9.46 Å². The van der Waals surface area contributed by atoms with Crippen LogP contribution in [0.2, 0.25) is 0 Å². The second-order valence-corrected chi connectivity index (χ2v) is 7.87. The third-order valence-electron chi connectivity index (χ3n) is 4.23. The molecule has 1 aliphatic heterocycles. The summed E-state index contributed by atoms with van der Waals surface area (Å²) in [4.78, 5) is 12.5. The van der Waals surface area contributed by atoms with Gasteiger partial charge in [-0.1, -0.05) is 5.16 Å². The maximum Gasteiger partial charge on any atom is 0.249 e. The predicted molar refractivity (Wildman–Crippen MR) is 87.9 cm³/mol.